The molecule has 2 rings (SSSR count). The van der Waals surface area contributed by atoms with Gasteiger partial charge in [-0.3, -0.25) is 0 Å². The van der Waals surface area contributed by atoms with Gasteiger partial charge in [-0.15, -0.1) is 0 Å². The predicted octanol–water partition coefficient (Wildman–Crippen LogP) is 2.44. The number of para-hydroxylation sites is 1. The number of fused-ring (bicyclic) bond motifs is 1. The number of alkyl halides is 2. The highest BCUT2D eigenvalue weighted by Crippen LogP contribution is 2.24. The van der Waals surface area contributed by atoms with Crippen LogP contribution in [0.4, 0.5) is 8.78 Å². The third-order valence-electron chi connectivity index (χ3n) is 2.20. The van der Waals surface area contributed by atoms with E-state index < -0.39 is 17.7 Å². The van der Waals surface area contributed by atoms with Crippen molar-refractivity contribution in [2.45, 2.75) is 11.5 Å². The Bertz CT molecular complexity index is 539. The minimum atomic E-state index is -3.04. The van der Waals surface area contributed by atoms with E-state index in [0.29, 0.717) is 5.39 Å². The summed E-state index contributed by atoms with van der Waals surface area (Å²) in [5.74, 6) is 0. The molecular formula is C10H9F2NO2S. The molecule has 1 unspecified atom stereocenters. The van der Waals surface area contributed by atoms with Gasteiger partial charge in [0, 0.05) is 24.1 Å². The first-order valence-electron chi connectivity index (χ1n) is 4.50. The molecule has 0 amide bonds. The molecule has 0 radical (unpaired) electrons. The second-order valence-electron chi connectivity index (χ2n) is 3.21. The minimum absolute atomic E-state index is 0.262. The summed E-state index contributed by atoms with van der Waals surface area (Å²) in [7, 11) is 1.76. The maximum Gasteiger partial charge on any atom is 0.357 e. The van der Waals surface area contributed by atoms with Gasteiger partial charge in [-0.1, -0.05) is 18.2 Å². The molecule has 0 saturated carbocycles. The Morgan fingerprint density at radius 2 is 2.06 bits per heavy atom. The van der Waals surface area contributed by atoms with Crippen molar-refractivity contribution in [1.82, 2.24) is 4.57 Å². The minimum Gasteiger partial charge on any atom is -0.349 e. The third-order valence-corrected chi connectivity index (χ3v) is 3.20. The van der Waals surface area contributed by atoms with Gasteiger partial charge in [0.15, 0.2) is 11.1 Å². The number of aryl methyl sites for hydroxylation is 1. The van der Waals surface area contributed by atoms with E-state index in [9.17, 15) is 13.0 Å². The molecule has 0 saturated heterocycles. The lowest BCUT2D eigenvalue weighted by Crippen LogP contribution is -2.02. The molecule has 1 aromatic carbocycles. The number of halogens is 2. The van der Waals surface area contributed by atoms with Crippen molar-refractivity contribution in [3.63, 3.8) is 0 Å². The van der Waals surface area contributed by atoms with Crippen LogP contribution in [-0.2, 0) is 22.3 Å². The molecule has 1 atom stereocenters. The molecule has 0 aliphatic carbocycles. The molecule has 6 heteroatoms. The zero-order valence-corrected chi connectivity index (χ0v) is 9.21. The fourth-order valence-corrected chi connectivity index (χ4v) is 2.39. The monoisotopic (exact) mass is 245 g/mol. The molecule has 1 heterocycles. The summed E-state index contributed by atoms with van der Waals surface area (Å²) < 4.78 is 41.1. The Hall–Kier alpha value is -1.27. The summed E-state index contributed by atoms with van der Waals surface area (Å²) in [6.07, 6.45) is 1.53. The quantitative estimate of drug-likeness (QED) is 0.831. The summed E-state index contributed by atoms with van der Waals surface area (Å²) in [5, 5.41) is 0.656. The van der Waals surface area contributed by atoms with Crippen molar-refractivity contribution in [2.24, 2.45) is 7.05 Å². The van der Waals surface area contributed by atoms with Gasteiger partial charge in [-0.25, -0.2) is 8.39 Å². The van der Waals surface area contributed by atoms with Crippen molar-refractivity contribution in [1.29, 1.82) is 0 Å². The molecule has 0 aliphatic rings. The van der Waals surface area contributed by atoms with Crippen LogP contribution < -0.4 is 0 Å². The lowest BCUT2D eigenvalue weighted by atomic mass is 10.2. The second kappa shape index (κ2) is 4.31. The van der Waals surface area contributed by atoms with Crippen LogP contribution >= 0.6 is 0 Å². The van der Waals surface area contributed by atoms with E-state index in [1.807, 2.05) is 12.1 Å². The highest BCUT2D eigenvalue weighted by atomic mass is 32.2. The van der Waals surface area contributed by atoms with Gasteiger partial charge in [0.25, 0.3) is 0 Å². The first-order chi connectivity index (χ1) is 7.59. The number of aromatic nitrogens is 1. The molecule has 0 bridgehead atoms. The maximum absolute atomic E-state index is 12.0. The molecule has 16 heavy (non-hydrogen) atoms. The lowest BCUT2D eigenvalue weighted by molar-refractivity contribution is -0.0397. The summed E-state index contributed by atoms with van der Waals surface area (Å²) in [6.45, 7) is -3.04. The van der Waals surface area contributed by atoms with E-state index in [2.05, 4.69) is 4.18 Å². The fraction of sp³-hybridized carbons (Fsp3) is 0.200. The summed E-state index contributed by atoms with van der Waals surface area (Å²) in [4.78, 5) is 0.262. The zero-order valence-electron chi connectivity index (χ0n) is 8.39. The maximum atomic E-state index is 12.0. The number of hydrogen-bond acceptors (Lipinski definition) is 2. The Morgan fingerprint density at radius 3 is 2.75 bits per heavy atom. The molecule has 0 N–H and O–H groups in total. The van der Waals surface area contributed by atoms with Crippen LogP contribution in [0.25, 0.3) is 10.9 Å². The number of nitrogens with zero attached hydrogens (tertiary/aromatic N) is 1. The van der Waals surface area contributed by atoms with E-state index >= 15 is 0 Å². The smallest absolute Gasteiger partial charge is 0.349 e. The number of benzene rings is 1. The number of rotatable bonds is 3. The number of hydrogen-bond donors (Lipinski definition) is 0. The van der Waals surface area contributed by atoms with E-state index in [1.54, 1.807) is 23.7 Å². The van der Waals surface area contributed by atoms with Crippen LogP contribution in [0.15, 0.2) is 35.4 Å². The Morgan fingerprint density at radius 1 is 1.38 bits per heavy atom. The van der Waals surface area contributed by atoms with Gasteiger partial charge in [0.2, 0.25) is 0 Å². The van der Waals surface area contributed by atoms with Gasteiger partial charge < -0.3 is 4.57 Å². The van der Waals surface area contributed by atoms with Crippen LogP contribution in [0.1, 0.15) is 0 Å². The van der Waals surface area contributed by atoms with Gasteiger partial charge >= 0.3 is 6.61 Å². The van der Waals surface area contributed by atoms with Crippen LogP contribution in [-0.4, -0.2) is 15.4 Å². The van der Waals surface area contributed by atoms with Crippen LogP contribution in [0.5, 0.6) is 0 Å². The van der Waals surface area contributed by atoms with Gasteiger partial charge in [0.05, 0.1) is 4.90 Å². The van der Waals surface area contributed by atoms with Crippen molar-refractivity contribution < 1.29 is 17.2 Å². The van der Waals surface area contributed by atoms with Crippen LogP contribution in [0, 0.1) is 0 Å². The average molecular weight is 245 g/mol. The molecule has 2 aromatic rings. The predicted molar refractivity (Wildman–Crippen MR) is 56.4 cm³/mol. The van der Waals surface area contributed by atoms with Gasteiger partial charge in [-0.2, -0.15) is 8.78 Å². The SMILES string of the molecule is Cn1cc(S(=O)OC(F)F)c2ccccc21. The Labute approximate surface area is 93.3 Å². The van der Waals surface area contributed by atoms with Gasteiger partial charge in [0.1, 0.15) is 0 Å². The average Bonchev–Trinajstić information content (AvgIpc) is 2.56. The second-order valence-corrected chi connectivity index (χ2v) is 4.31. The van der Waals surface area contributed by atoms with E-state index in [-0.39, 0.29) is 4.90 Å². The highest BCUT2D eigenvalue weighted by Gasteiger charge is 2.16. The first kappa shape index (κ1) is 11.2. The summed E-state index contributed by atoms with van der Waals surface area (Å²) in [5.41, 5.74) is 0.823. The third kappa shape index (κ3) is 1.98. The highest BCUT2D eigenvalue weighted by molar-refractivity contribution is 7.80. The summed E-state index contributed by atoms with van der Waals surface area (Å²) in [6, 6.07) is 7.12. The van der Waals surface area contributed by atoms with Crippen LogP contribution in [0.2, 0.25) is 0 Å². The van der Waals surface area contributed by atoms with E-state index in [0.717, 1.165) is 5.52 Å². The molecule has 0 fully saturated rings. The zero-order chi connectivity index (χ0) is 11.7. The standard InChI is InChI=1S/C10H9F2NO2S/c1-13-6-9(16(14)15-10(11)12)7-4-2-3-5-8(7)13/h2-6,10H,1H3. The van der Waals surface area contributed by atoms with Crippen molar-refractivity contribution in [2.75, 3.05) is 0 Å². The van der Waals surface area contributed by atoms with E-state index in [4.69, 9.17) is 0 Å². The van der Waals surface area contributed by atoms with Crippen molar-refractivity contribution in [3.05, 3.63) is 30.5 Å². The molecule has 86 valence electrons. The molecular weight excluding hydrogens is 236 g/mol. The lowest BCUT2D eigenvalue weighted by Gasteiger charge is -1.99. The Kier molecular flexibility index (Phi) is 3.02. The molecule has 0 spiro atoms. The first-order valence-corrected chi connectivity index (χ1v) is 5.58. The normalized spacial score (nSPS) is 13.5. The topological polar surface area (TPSA) is 31.2 Å². The van der Waals surface area contributed by atoms with Crippen molar-refractivity contribution in [3.8, 4) is 0 Å². The van der Waals surface area contributed by atoms with E-state index in [1.165, 1.54) is 6.20 Å². The van der Waals surface area contributed by atoms with Crippen LogP contribution in [0.3, 0.4) is 0 Å². The van der Waals surface area contributed by atoms with Crippen molar-refractivity contribution >= 4 is 22.0 Å². The fourth-order valence-electron chi connectivity index (χ4n) is 1.56. The molecule has 3 nitrogen and oxygen atoms in total. The van der Waals surface area contributed by atoms with Gasteiger partial charge in [-0.05, 0) is 6.07 Å². The largest absolute Gasteiger partial charge is 0.357 e. The summed E-state index contributed by atoms with van der Waals surface area (Å²) >= 11 is -2.14. The molecule has 1 aromatic heterocycles. The Balaban J connectivity index is 2.49. The molecule has 0 aliphatic heterocycles.